The van der Waals surface area contributed by atoms with Gasteiger partial charge >= 0.3 is 14.7 Å². The van der Waals surface area contributed by atoms with Gasteiger partial charge in [-0.15, -0.1) is 0 Å². The van der Waals surface area contributed by atoms with Gasteiger partial charge in [-0.2, -0.15) is 0 Å². The standard InChI is InChI=1S/C15H16.C9H12.C8H9NO.C7H8BO.C2H6BNO2P.CH4.H3N.H2O/c1-11-3-2-4-14(9-11)15-10-12-5-7-13(15)8-6-12;1-7-6-8-2-4-9(7)5-3-8;1-7(10)9-8-5-3-2-4-6-8;1-6-3-2-4-7(5-6)8-9;1-2(5)4-7-3-6;;;/h2-5,7,9-10,12-13H,6,8H2,1H3;2,4,6,8-9H,3,5H2,1H3;2-6H,1H3,(H,9,10);2-5,9H,1H3;6-7H,1H3,(H,4,5);1H4;1H3;1H2/i/hD. The highest BCUT2D eigenvalue weighted by molar-refractivity contribution is 7.68. The molecule has 4 bridgehead atoms. The molecule has 0 spiro atoms. The molecule has 6 aliphatic rings. The van der Waals surface area contributed by atoms with Gasteiger partial charge in [0.25, 0.3) is 0 Å². The Hall–Kier alpha value is -4.04. The molecule has 8 nitrogen and oxygen atoms in total. The third-order valence-corrected chi connectivity index (χ3v) is 9.23. The van der Waals surface area contributed by atoms with Gasteiger partial charge in [0.15, 0.2) is 0 Å². The number of hydrogen-bond donors (Lipinski definition) is 5. The van der Waals surface area contributed by atoms with Crippen molar-refractivity contribution in [3.63, 3.8) is 0 Å². The van der Waals surface area contributed by atoms with Crippen LogP contribution in [-0.2, 0) is 9.59 Å². The number of rotatable bonds is 5. The minimum atomic E-state index is -0.122. The van der Waals surface area contributed by atoms with Crippen LogP contribution >= 0.6 is 8.61 Å². The van der Waals surface area contributed by atoms with Crippen molar-refractivity contribution in [3.05, 3.63) is 138 Å². The largest absolute Gasteiger partial charge is 0.450 e. The first-order valence-corrected chi connectivity index (χ1v) is 18.3. The summed E-state index contributed by atoms with van der Waals surface area (Å²) in [4.78, 5) is 20.5. The quantitative estimate of drug-likeness (QED) is 0.103. The van der Waals surface area contributed by atoms with Crippen LogP contribution in [0.15, 0.2) is 121 Å². The smallest absolute Gasteiger partial charge is 0.341 e. The average Bonchev–Trinajstić information content (AvgIpc) is 3.17. The van der Waals surface area contributed by atoms with E-state index in [1.165, 1.54) is 50.7 Å². The van der Waals surface area contributed by atoms with Gasteiger partial charge in [0.1, 0.15) is 1.41 Å². The molecule has 0 aliphatic heterocycles. The first-order chi connectivity index (χ1) is 25.1. The van der Waals surface area contributed by atoms with Crippen LogP contribution in [0.2, 0.25) is 1.41 Å². The van der Waals surface area contributed by atoms with Crippen LogP contribution in [0.4, 0.5) is 5.69 Å². The lowest BCUT2D eigenvalue weighted by atomic mass is 9.74. The minimum Gasteiger partial charge on any atom is -0.450 e. The van der Waals surface area contributed by atoms with E-state index in [1.54, 1.807) is 11.1 Å². The van der Waals surface area contributed by atoms with Crippen molar-refractivity contribution in [1.29, 1.82) is 0 Å². The van der Waals surface area contributed by atoms with Crippen LogP contribution in [0.3, 0.4) is 0 Å². The number of nitrogens with one attached hydrogen (secondary N) is 2. The Morgan fingerprint density at radius 2 is 1.34 bits per heavy atom. The second-order valence-electron chi connectivity index (χ2n) is 12.9. The number of aryl methyl sites for hydroxylation is 2. The highest BCUT2D eigenvalue weighted by Crippen LogP contribution is 2.40. The predicted molar refractivity (Wildman–Crippen MR) is 229 cm³/mol. The van der Waals surface area contributed by atoms with E-state index in [9.17, 15) is 9.59 Å². The number of benzene rings is 3. The van der Waals surface area contributed by atoms with Crippen molar-refractivity contribution in [2.24, 2.45) is 23.7 Å². The lowest BCUT2D eigenvalue weighted by molar-refractivity contribution is -0.117. The normalized spacial score (nSPS) is 19.1. The van der Waals surface area contributed by atoms with E-state index < -0.39 is 0 Å². The summed E-state index contributed by atoms with van der Waals surface area (Å²) in [6.07, 6.45) is 23.6. The minimum absolute atomic E-state index is 0. The molecule has 53 heavy (non-hydrogen) atoms. The monoisotopic (exact) mass is 740 g/mol. The summed E-state index contributed by atoms with van der Waals surface area (Å²) in [7, 11) is 2.05. The Labute approximate surface area is 323 Å². The third-order valence-electron chi connectivity index (χ3n) is 8.61. The predicted octanol–water partition coefficient (Wildman–Crippen LogP) is 7.60. The lowest BCUT2D eigenvalue weighted by Crippen LogP contribution is -2.15. The second-order valence-corrected chi connectivity index (χ2v) is 13.7. The average molecular weight is 741 g/mol. The van der Waals surface area contributed by atoms with Crippen LogP contribution in [0.1, 0.15) is 70.6 Å². The molecule has 0 aromatic heterocycles. The zero-order chi connectivity index (χ0) is 38.3. The first-order valence-electron chi connectivity index (χ1n) is 17.8. The van der Waals surface area contributed by atoms with E-state index in [1.807, 2.05) is 61.5 Å². The molecule has 3 aromatic carbocycles. The molecule has 6 aliphatic carbocycles. The van der Waals surface area contributed by atoms with E-state index in [4.69, 9.17) is 11.5 Å². The molecule has 5 atom stereocenters. The summed E-state index contributed by atoms with van der Waals surface area (Å²) in [6, 6.07) is 25.9. The second kappa shape index (κ2) is 26.7. The van der Waals surface area contributed by atoms with E-state index in [0.29, 0.717) is 11.8 Å². The number of amides is 2. The van der Waals surface area contributed by atoms with Crippen LogP contribution in [0, 0.1) is 37.5 Å². The number of anilines is 1. The maximum Gasteiger partial charge on any atom is 0.341 e. The molecule has 0 heterocycles. The van der Waals surface area contributed by atoms with Crippen LogP contribution in [0.25, 0.3) is 5.57 Å². The topological polar surface area (TPSA) is 165 Å². The molecule has 5 unspecified atom stereocenters. The summed E-state index contributed by atoms with van der Waals surface area (Å²) in [5.74, 6) is 2.81. The Bertz CT molecular complexity index is 1660. The molecule has 2 radical (unpaired) electrons. The summed E-state index contributed by atoms with van der Waals surface area (Å²) >= 11 is 0. The fourth-order valence-electron chi connectivity index (χ4n) is 6.16. The molecule has 3 aromatic rings. The molecular weight excluding hydrogens is 679 g/mol. The van der Waals surface area contributed by atoms with Crippen LogP contribution in [0.5, 0.6) is 0 Å². The van der Waals surface area contributed by atoms with Crippen molar-refractivity contribution in [3.8, 4) is 0 Å². The SMILES string of the molecule is C.CC(=O)NP[B]O.CC(=O)Nc1ccccc1.CC1=CC2C=CC1CC2.Cc1cccc(C2=CC3C=CC2CC3)c1.Cc1cccc([B]O)c1.O.[2H]N. The Morgan fingerprint density at radius 3 is 1.70 bits per heavy atom. The number of carbonyl (C=O) groups is 2. The van der Waals surface area contributed by atoms with E-state index in [0.717, 1.165) is 43.2 Å². The molecule has 2 amide bonds. The van der Waals surface area contributed by atoms with Gasteiger partial charge < -0.3 is 32.1 Å². The molecule has 11 heteroatoms. The summed E-state index contributed by atoms with van der Waals surface area (Å²) in [5.41, 5.74) is 8.79. The summed E-state index contributed by atoms with van der Waals surface area (Å²) in [6.45, 7) is 9.30. The number of fused-ring (bicyclic) bond motifs is 2. The maximum atomic E-state index is 10.5. The first kappa shape index (κ1) is 47.0. The molecular formula is C42H60B2N3O5P. The number of hydrogen-bond acceptors (Lipinski definition) is 5. The van der Waals surface area contributed by atoms with Gasteiger partial charge in [-0.25, -0.2) is 0 Å². The number of para-hydroxylation sites is 1. The summed E-state index contributed by atoms with van der Waals surface area (Å²) < 4.78 is 5.25. The molecule has 0 saturated heterocycles. The molecule has 9 rings (SSSR count). The fourth-order valence-corrected chi connectivity index (χ4v) is 6.43. The maximum absolute atomic E-state index is 10.5. The van der Waals surface area contributed by atoms with Gasteiger partial charge in [0.2, 0.25) is 11.8 Å². The number of carbonyl (C=O) groups excluding carboxylic acids is 2. The van der Waals surface area contributed by atoms with Crippen molar-refractivity contribution in [2.45, 2.75) is 67.7 Å². The van der Waals surface area contributed by atoms with Crippen molar-refractivity contribution >= 4 is 51.8 Å². The van der Waals surface area contributed by atoms with Crippen molar-refractivity contribution in [1.82, 2.24) is 11.2 Å². The highest BCUT2D eigenvalue weighted by Gasteiger charge is 2.25. The molecule has 9 N–H and O–H groups in total. The van der Waals surface area contributed by atoms with Crippen LogP contribution in [-0.4, -0.2) is 42.0 Å². The third kappa shape index (κ3) is 18.5. The van der Waals surface area contributed by atoms with Gasteiger partial charge in [-0.1, -0.05) is 133 Å². The van der Waals surface area contributed by atoms with Gasteiger partial charge in [-0.05, 0) is 96.1 Å². The van der Waals surface area contributed by atoms with Gasteiger partial charge in [0, 0.05) is 25.5 Å². The van der Waals surface area contributed by atoms with E-state index in [2.05, 4.69) is 91.1 Å². The highest BCUT2D eigenvalue weighted by atomic mass is 31.1. The lowest BCUT2D eigenvalue weighted by Gasteiger charge is -2.30. The van der Waals surface area contributed by atoms with Gasteiger partial charge in [-0.3, -0.25) is 9.59 Å². The van der Waals surface area contributed by atoms with E-state index >= 15 is 0 Å². The Balaban J connectivity index is 0.000000653. The van der Waals surface area contributed by atoms with Crippen molar-refractivity contribution in [2.75, 3.05) is 5.32 Å². The van der Waals surface area contributed by atoms with Gasteiger partial charge in [0.05, 0.1) is 0 Å². The van der Waals surface area contributed by atoms with E-state index in [-0.39, 0.29) is 33.3 Å². The molecule has 0 fully saturated rings. The zero-order valence-corrected chi connectivity index (χ0v) is 32.1. The molecule has 284 valence electrons. The zero-order valence-electron chi connectivity index (χ0n) is 32.1. The fraction of sp³-hybridized carbons (Fsp3) is 0.333. The van der Waals surface area contributed by atoms with Crippen molar-refractivity contribution < 1.29 is 26.5 Å². The summed E-state index contributed by atoms with van der Waals surface area (Å²) in [5, 5.41) is 21.6. The Morgan fingerprint density at radius 1 is 0.755 bits per heavy atom. The molecule has 0 saturated carbocycles. The van der Waals surface area contributed by atoms with Crippen LogP contribution < -0.4 is 22.0 Å². The Kier molecular flexibility index (Phi) is 23.7. The number of allylic oxidation sites excluding steroid dienone is 8.